The second-order valence-corrected chi connectivity index (χ2v) is 7.22. The van der Waals surface area contributed by atoms with Crippen LogP contribution >= 0.6 is 0 Å². The Kier molecular flexibility index (Phi) is 7.08. The maximum Gasteiger partial charge on any atom is 0.308 e. The quantitative estimate of drug-likeness (QED) is 0.622. The number of methoxy groups -OCH3 is 1. The summed E-state index contributed by atoms with van der Waals surface area (Å²) >= 11 is 0. The lowest BCUT2D eigenvalue weighted by molar-refractivity contribution is -0.131. The van der Waals surface area contributed by atoms with Gasteiger partial charge in [0.1, 0.15) is 5.82 Å². The lowest BCUT2D eigenvalue weighted by Crippen LogP contribution is -2.14. The highest BCUT2D eigenvalue weighted by molar-refractivity contribution is 5.80. The molecule has 0 spiro atoms. The summed E-state index contributed by atoms with van der Waals surface area (Å²) in [6.45, 7) is 10.1. The number of ether oxygens (including phenoxy) is 2. The predicted octanol–water partition coefficient (Wildman–Crippen LogP) is 5.25. The normalized spacial score (nSPS) is 11.3. The first-order valence-electron chi connectivity index (χ1n) is 9.26. The minimum atomic E-state index is -0.406. The molecule has 1 aromatic carbocycles. The van der Waals surface area contributed by atoms with Gasteiger partial charge < -0.3 is 9.47 Å². The molecule has 0 fully saturated rings. The molecule has 0 aliphatic carbocycles. The van der Waals surface area contributed by atoms with Gasteiger partial charge >= 0.3 is 5.97 Å². The second kappa shape index (κ2) is 9.09. The van der Waals surface area contributed by atoms with Crippen LogP contribution < -0.4 is 4.74 Å². The molecule has 0 aliphatic heterocycles. The summed E-state index contributed by atoms with van der Waals surface area (Å²) in [4.78, 5) is 16.7. The summed E-state index contributed by atoms with van der Waals surface area (Å²) in [5, 5.41) is 0. The minimum absolute atomic E-state index is 0.0625. The molecule has 146 valence electrons. The number of nitrogens with zero attached hydrogens (tertiary/aromatic N) is 1. The first-order valence-corrected chi connectivity index (χ1v) is 9.26. The second-order valence-electron chi connectivity index (χ2n) is 7.22. The number of pyridine rings is 1. The highest BCUT2D eigenvalue weighted by atomic mass is 19.1. The molecule has 0 amide bonds. The van der Waals surface area contributed by atoms with E-state index in [2.05, 4.69) is 13.8 Å². The lowest BCUT2D eigenvalue weighted by Gasteiger charge is -2.24. The molecule has 0 radical (unpaired) electrons. The monoisotopic (exact) mass is 373 g/mol. The van der Waals surface area contributed by atoms with Gasteiger partial charge in [0, 0.05) is 25.3 Å². The van der Waals surface area contributed by atoms with Gasteiger partial charge in [-0.15, -0.1) is 0 Å². The van der Waals surface area contributed by atoms with Crippen LogP contribution in [0.3, 0.4) is 0 Å². The van der Waals surface area contributed by atoms with E-state index >= 15 is 0 Å². The topological polar surface area (TPSA) is 48.4 Å². The van der Waals surface area contributed by atoms with E-state index in [0.717, 1.165) is 28.1 Å². The van der Waals surface area contributed by atoms with Crippen LogP contribution in [-0.4, -0.2) is 24.7 Å². The molecule has 0 unspecified atom stereocenters. The van der Waals surface area contributed by atoms with E-state index in [1.165, 1.54) is 19.1 Å². The predicted molar refractivity (Wildman–Crippen MR) is 105 cm³/mol. The number of carbonyl (C=O) groups is 1. The highest BCUT2D eigenvalue weighted by Gasteiger charge is 2.25. The molecule has 0 atom stereocenters. The van der Waals surface area contributed by atoms with Gasteiger partial charge in [-0.3, -0.25) is 9.78 Å². The van der Waals surface area contributed by atoms with Crippen LogP contribution in [-0.2, 0) is 16.0 Å². The largest absolute Gasteiger partial charge is 0.424 e. The molecule has 0 aliphatic rings. The van der Waals surface area contributed by atoms with E-state index in [-0.39, 0.29) is 17.7 Å². The van der Waals surface area contributed by atoms with Gasteiger partial charge in [0.05, 0.1) is 12.3 Å². The summed E-state index contributed by atoms with van der Waals surface area (Å²) in [6.07, 6.45) is 0.621. The van der Waals surface area contributed by atoms with Crippen LogP contribution in [0.15, 0.2) is 24.3 Å². The van der Waals surface area contributed by atoms with Gasteiger partial charge in [0.2, 0.25) is 0 Å². The molecule has 27 heavy (non-hydrogen) atoms. The molecule has 0 saturated heterocycles. The van der Waals surface area contributed by atoms with Crippen molar-refractivity contribution in [3.8, 4) is 16.9 Å². The zero-order valence-electron chi connectivity index (χ0n) is 16.9. The molecule has 0 bridgehead atoms. The maximum absolute atomic E-state index is 13.5. The van der Waals surface area contributed by atoms with Gasteiger partial charge in [-0.25, -0.2) is 4.39 Å². The number of esters is 1. The number of benzene rings is 1. The fourth-order valence-electron chi connectivity index (χ4n) is 3.14. The number of hydrogen-bond donors (Lipinski definition) is 0. The van der Waals surface area contributed by atoms with Crippen LogP contribution in [0.1, 0.15) is 63.4 Å². The fourth-order valence-corrected chi connectivity index (χ4v) is 3.14. The molecule has 1 heterocycles. The van der Waals surface area contributed by atoms with Crippen LogP contribution in [0.5, 0.6) is 5.75 Å². The summed E-state index contributed by atoms with van der Waals surface area (Å²) in [5.41, 5.74) is 4.24. The van der Waals surface area contributed by atoms with Crippen molar-refractivity contribution in [1.82, 2.24) is 4.98 Å². The van der Waals surface area contributed by atoms with Gasteiger partial charge in [0.15, 0.2) is 5.75 Å². The Hall–Kier alpha value is -2.27. The minimum Gasteiger partial charge on any atom is -0.424 e. The van der Waals surface area contributed by atoms with Crippen molar-refractivity contribution in [2.75, 3.05) is 13.7 Å². The average Bonchev–Trinajstić information content (AvgIpc) is 2.59. The van der Waals surface area contributed by atoms with E-state index in [4.69, 9.17) is 14.5 Å². The van der Waals surface area contributed by atoms with Crippen molar-refractivity contribution in [2.45, 2.75) is 52.9 Å². The SMILES string of the molecule is COCCc1c(C(C)C)nc(C(C)C)c(OC(C)=O)c1-c1ccc(F)cc1. The van der Waals surface area contributed by atoms with Crippen molar-refractivity contribution >= 4 is 5.97 Å². The van der Waals surface area contributed by atoms with Crippen molar-refractivity contribution in [2.24, 2.45) is 0 Å². The van der Waals surface area contributed by atoms with Crippen LogP contribution in [0.25, 0.3) is 11.1 Å². The van der Waals surface area contributed by atoms with Crippen molar-refractivity contribution in [1.29, 1.82) is 0 Å². The molecular formula is C22H28FNO3. The van der Waals surface area contributed by atoms with Gasteiger partial charge in [-0.1, -0.05) is 39.8 Å². The molecule has 1 aromatic heterocycles. The van der Waals surface area contributed by atoms with Gasteiger partial charge in [-0.05, 0) is 41.5 Å². The van der Waals surface area contributed by atoms with Crippen molar-refractivity contribution in [3.05, 3.63) is 47.0 Å². The van der Waals surface area contributed by atoms with E-state index in [0.29, 0.717) is 18.8 Å². The Morgan fingerprint density at radius 2 is 1.67 bits per heavy atom. The third-order valence-electron chi connectivity index (χ3n) is 4.34. The third-order valence-corrected chi connectivity index (χ3v) is 4.34. The van der Waals surface area contributed by atoms with Crippen molar-refractivity contribution < 1.29 is 18.7 Å². The zero-order chi connectivity index (χ0) is 20.1. The number of halogens is 1. The number of rotatable bonds is 7. The summed E-state index contributed by atoms with van der Waals surface area (Å²) < 4.78 is 24.4. The third kappa shape index (κ3) is 4.92. The van der Waals surface area contributed by atoms with Crippen LogP contribution in [0.2, 0.25) is 0 Å². The van der Waals surface area contributed by atoms with E-state index in [9.17, 15) is 9.18 Å². The van der Waals surface area contributed by atoms with Crippen molar-refractivity contribution in [3.63, 3.8) is 0 Å². The number of carbonyl (C=O) groups excluding carboxylic acids is 1. The Bertz CT molecular complexity index is 798. The van der Waals surface area contributed by atoms with E-state index in [1.54, 1.807) is 19.2 Å². The van der Waals surface area contributed by atoms with E-state index < -0.39 is 5.97 Å². The highest BCUT2D eigenvalue weighted by Crippen LogP contribution is 2.42. The molecule has 4 nitrogen and oxygen atoms in total. The van der Waals surface area contributed by atoms with E-state index in [1.807, 2.05) is 13.8 Å². The number of hydrogen-bond acceptors (Lipinski definition) is 4. The van der Waals surface area contributed by atoms with Gasteiger partial charge in [-0.2, -0.15) is 0 Å². The number of aromatic nitrogens is 1. The molecular weight excluding hydrogens is 345 g/mol. The molecule has 0 saturated carbocycles. The van der Waals surface area contributed by atoms with Crippen LogP contribution in [0.4, 0.5) is 4.39 Å². The Labute approximate surface area is 160 Å². The standard InChI is InChI=1S/C22H28FNO3/c1-13(2)20-18(11-12-26-6)19(16-7-9-17(23)10-8-16)22(27-15(5)25)21(24-20)14(3)4/h7-10,13-14H,11-12H2,1-6H3. The summed E-state index contributed by atoms with van der Waals surface area (Å²) in [5.74, 6) is -0.0161. The molecule has 2 aromatic rings. The fraction of sp³-hybridized carbons (Fsp3) is 0.455. The molecule has 5 heteroatoms. The van der Waals surface area contributed by atoms with Crippen LogP contribution in [0, 0.1) is 5.82 Å². The first kappa shape index (κ1) is 21.0. The average molecular weight is 373 g/mol. The Morgan fingerprint density at radius 3 is 2.15 bits per heavy atom. The summed E-state index contributed by atoms with van der Waals surface area (Å²) in [6, 6.07) is 6.25. The first-order chi connectivity index (χ1) is 12.8. The zero-order valence-corrected chi connectivity index (χ0v) is 16.9. The maximum atomic E-state index is 13.5. The smallest absolute Gasteiger partial charge is 0.308 e. The lowest BCUT2D eigenvalue weighted by atomic mass is 9.89. The Morgan fingerprint density at radius 1 is 1.07 bits per heavy atom. The summed E-state index contributed by atoms with van der Waals surface area (Å²) in [7, 11) is 1.65. The molecule has 0 N–H and O–H groups in total. The molecule has 2 rings (SSSR count). The Balaban J connectivity index is 2.89. The van der Waals surface area contributed by atoms with Gasteiger partial charge in [0.25, 0.3) is 0 Å².